The summed E-state index contributed by atoms with van der Waals surface area (Å²) in [6.45, 7) is 0. The number of furan rings is 1. The molecular weight excluding hydrogens is 447 g/mol. The molecule has 6 nitrogen and oxygen atoms in total. The molecule has 2 aromatic carbocycles. The third-order valence-corrected chi connectivity index (χ3v) is 5.16. The molecule has 5 rings (SSSR count). The van der Waals surface area contributed by atoms with Gasteiger partial charge in [0.2, 0.25) is 0 Å². The van der Waals surface area contributed by atoms with Gasteiger partial charge in [0, 0.05) is 29.4 Å². The molecule has 0 saturated heterocycles. The Balaban J connectivity index is 1.31. The topological polar surface area (TPSA) is 76.7 Å². The number of nitrogens with one attached hydrogen (secondary N) is 1. The van der Waals surface area contributed by atoms with E-state index >= 15 is 0 Å². The van der Waals surface area contributed by atoms with E-state index in [9.17, 15) is 18.0 Å². The van der Waals surface area contributed by atoms with Gasteiger partial charge in [-0.15, -0.1) is 13.2 Å². The molecule has 1 aliphatic rings. The number of amides is 1. The van der Waals surface area contributed by atoms with Gasteiger partial charge in [-0.05, 0) is 53.6 Å². The van der Waals surface area contributed by atoms with Crippen molar-refractivity contribution in [3.63, 3.8) is 0 Å². The maximum absolute atomic E-state index is 12.4. The van der Waals surface area contributed by atoms with Crippen LogP contribution in [0.25, 0.3) is 11.1 Å². The second-order valence-electron chi connectivity index (χ2n) is 7.53. The standard InChI is InChI=1S/C25H16F3N3O3/c26-25(27,28)34-20-8-6-15(7-9-20)18-11-17-13-21(31-23(17)29-14-18)16-3-1-4-19(12-16)30-24(32)22-5-2-10-33-22/h1-12,14H,13H2,(H,30,32). The van der Waals surface area contributed by atoms with Crippen molar-refractivity contribution in [2.24, 2.45) is 4.99 Å². The Bertz CT molecular complexity index is 1380. The van der Waals surface area contributed by atoms with Crippen LogP contribution in [0, 0.1) is 0 Å². The van der Waals surface area contributed by atoms with E-state index in [0.29, 0.717) is 23.5 Å². The molecule has 0 fully saturated rings. The van der Waals surface area contributed by atoms with Crippen LogP contribution < -0.4 is 10.1 Å². The third kappa shape index (κ3) is 4.68. The Morgan fingerprint density at radius 1 is 0.971 bits per heavy atom. The zero-order valence-electron chi connectivity index (χ0n) is 17.5. The van der Waals surface area contributed by atoms with Crippen LogP contribution in [0.15, 0.2) is 88.6 Å². The van der Waals surface area contributed by atoms with Crippen molar-refractivity contribution in [2.45, 2.75) is 12.8 Å². The van der Waals surface area contributed by atoms with Crippen LogP contribution in [0.5, 0.6) is 5.75 Å². The molecule has 1 N–H and O–H groups in total. The summed E-state index contributed by atoms with van der Waals surface area (Å²) < 4.78 is 46.2. The first kappa shape index (κ1) is 21.4. The van der Waals surface area contributed by atoms with E-state index in [0.717, 1.165) is 22.4 Å². The van der Waals surface area contributed by atoms with Crippen molar-refractivity contribution in [3.05, 3.63) is 96.1 Å². The normalized spacial score (nSPS) is 12.7. The van der Waals surface area contributed by atoms with Gasteiger partial charge < -0.3 is 14.5 Å². The van der Waals surface area contributed by atoms with Crippen LogP contribution >= 0.6 is 0 Å². The molecule has 0 saturated carbocycles. The van der Waals surface area contributed by atoms with Gasteiger partial charge in [0.25, 0.3) is 5.91 Å². The summed E-state index contributed by atoms with van der Waals surface area (Å²) in [5.74, 6) is 0.165. The highest BCUT2D eigenvalue weighted by molar-refractivity contribution is 6.08. The Morgan fingerprint density at radius 2 is 1.79 bits per heavy atom. The zero-order valence-corrected chi connectivity index (χ0v) is 17.5. The summed E-state index contributed by atoms with van der Waals surface area (Å²) in [6, 6.07) is 18.1. The lowest BCUT2D eigenvalue weighted by Gasteiger charge is -2.09. The van der Waals surface area contributed by atoms with Gasteiger partial charge in [0.05, 0.1) is 12.0 Å². The number of benzene rings is 2. The molecule has 2 aromatic heterocycles. The molecule has 0 bridgehead atoms. The van der Waals surface area contributed by atoms with Gasteiger partial charge in [-0.1, -0.05) is 24.3 Å². The number of aromatic nitrogens is 1. The lowest BCUT2D eigenvalue weighted by Crippen LogP contribution is -2.16. The number of ether oxygens (including phenoxy) is 1. The number of pyridine rings is 1. The number of rotatable bonds is 5. The maximum Gasteiger partial charge on any atom is 0.573 e. The van der Waals surface area contributed by atoms with Crippen LogP contribution in [0.1, 0.15) is 21.7 Å². The molecule has 4 aromatic rings. The molecule has 0 radical (unpaired) electrons. The van der Waals surface area contributed by atoms with Crippen molar-refractivity contribution in [1.82, 2.24) is 4.98 Å². The molecule has 3 heterocycles. The summed E-state index contributed by atoms with van der Waals surface area (Å²) in [7, 11) is 0. The minimum atomic E-state index is -4.73. The Kier molecular flexibility index (Phi) is 5.37. The first-order valence-electron chi connectivity index (χ1n) is 10.2. The number of nitrogens with zero attached hydrogens (tertiary/aromatic N) is 2. The lowest BCUT2D eigenvalue weighted by molar-refractivity contribution is -0.274. The van der Waals surface area contributed by atoms with Gasteiger partial charge in [-0.3, -0.25) is 4.79 Å². The first-order chi connectivity index (χ1) is 16.3. The van der Waals surface area contributed by atoms with E-state index in [2.05, 4.69) is 20.0 Å². The number of carbonyl (C=O) groups is 1. The number of anilines is 1. The number of fused-ring (bicyclic) bond motifs is 1. The number of carbonyl (C=O) groups excluding carboxylic acids is 1. The maximum atomic E-state index is 12.4. The van der Waals surface area contributed by atoms with Crippen molar-refractivity contribution >= 4 is 23.1 Å². The minimum absolute atomic E-state index is 0.214. The fraction of sp³-hybridized carbons (Fsp3) is 0.0800. The minimum Gasteiger partial charge on any atom is -0.459 e. The predicted octanol–water partition coefficient (Wildman–Crippen LogP) is 6.17. The van der Waals surface area contributed by atoms with Crippen molar-refractivity contribution in [2.75, 3.05) is 5.32 Å². The second-order valence-corrected chi connectivity index (χ2v) is 7.53. The molecule has 9 heteroatoms. The van der Waals surface area contributed by atoms with Crippen LogP contribution in [-0.4, -0.2) is 23.0 Å². The molecule has 0 atom stereocenters. The highest BCUT2D eigenvalue weighted by Gasteiger charge is 2.31. The number of hydrogen-bond donors (Lipinski definition) is 1. The summed E-state index contributed by atoms with van der Waals surface area (Å²) in [6.07, 6.45) is -1.14. The van der Waals surface area contributed by atoms with Crippen LogP contribution in [0.2, 0.25) is 0 Å². The van der Waals surface area contributed by atoms with E-state index < -0.39 is 6.36 Å². The van der Waals surface area contributed by atoms with E-state index in [4.69, 9.17) is 4.42 Å². The third-order valence-electron chi connectivity index (χ3n) is 5.16. The Morgan fingerprint density at radius 3 is 2.53 bits per heavy atom. The number of alkyl halides is 3. The van der Waals surface area contributed by atoms with Crippen molar-refractivity contribution in [1.29, 1.82) is 0 Å². The van der Waals surface area contributed by atoms with E-state index in [1.165, 1.54) is 18.4 Å². The monoisotopic (exact) mass is 463 g/mol. The van der Waals surface area contributed by atoms with Gasteiger partial charge in [0.15, 0.2) is 11.6 Å². The van der Waals surface area contributed by atoms with Gasteiger partial charge in [-0.2, -0.15) is 0 Å². The zero-order chi connectivity index (χ0) is 23.7. The highest BCUT2D eigenvalue weighted by atomic mass is 19.4. The SMILES string of the molecule is O=C(Nc1cccc(C2=Nc3ncc(-c4ccc(OC(F)(F)F)cc4)cc3C2)c1)c1ccco1. The number of hydrogen-bond acceptors (Lipinski definition) is 5. The molecule has 0 spiro atoms. The Labute approximate surface area is 191 Å². The summed E-state index contributed by atoms with van der Waals surface area (Å²) in [5.41, 5.74) is 4.60. The fourth-order valence-electron chi connectivity index (χ4n) is 3.63. The van der Waals surface area contributed by atoms with Gasteiger partial charge in [0.1, 0.15) is 5.75 Å². The van der Waals surface area contributed by atoms with Gasteiger partial charge >= 0.3 is 6.36 Å². The Hall–Kier alpha value is -4.40. The van der Waals surface area contributed by atoms with Crippen LogP contribution in [-0.2, 0) is 6.42 Å². The molecule has 0 aliphatic carbocycles. The first-order valence-corrected chi connectivity index (χ1v) is 10.2. The molecule has 170 valence electrons. The van der Waals surface area contributed by atoms with Crippen LogP contribution in [0.4, 0.5) is 24.7 Å². The van der Waals surface area contributed by atoms with Crippen molar-refractivity contribution < 1.29 is 27.1 Å². The second kappa shape index (κ2) is 8.51. The summed E-state index contributed by atoms with van der Waals surface area (Å²) in [4.78, 5) is 21.3. The molecule has 1 aliphatic heterocycles. The molecule has 34 heavy (non-hydrogen) atoms. The number of aliphatic imine (C=N–C) groups is 1. The lowest BCUT2D eigenvalue weighted by atomic mass is 10.0. The molecule has 1 amide bonds. The van der Waals surface area contributed by atoms with Crippen LogP contribution in [0.3, 0.4) is 0 Å². The van der Waals surface area contributed by atoms with E-state index in [1.807, 2.05) is 24.3 Å². The van der Waals surface area contributed by atoms with E-state index in [-0.39, 0.29) is 17.4 Å². The number of halogens is 3. The average Bonchev–Trinajstić information content (AvgIpc) is 3.48. The quantitative estimate of drug-likeness (QED) is 0.384. The summed E-state index contributed by atoms with van der Waals surface area (Å²) in [5, 5.41) is 2.79. The smallest absolute Gasteiger partial charge is 0.459 e. The highest BCUT2D eigenvalue weighted by Crippen LogP contribution is 2.32. The largest absolute Gasteiger partial charge is 0.573 e. The van der Waals surface area contributed by atoms with E-state index in [1.54, 1.807) is 36.5 Å². The predicted molar refractivity (Wildman–Crippen MR) is 119 cm³/mol. The van der Waals surface area contributed by atoms with Gasteiger partial charge in [-0.25, -0.2) is 9.98 Å². The summed E-state index contributed by atoms with van der Waals surface area (Å²) >= 11 is 0. The molecular formula is C25H16F3N3O3. The van der Waals surface area contributed by atoms with Crippen molar-refractivity contribution in [3.8, 4) is 16.9 Å². The average molecular weight is 463 g/mol. The fourth-order valence-corrected chi connectivity index (χ4v) is 3.63. The molecule has 0 unspecified atom stereocenters.